The van der Waals surface area contributed by atoms with Gasteiger partial charge in [0, 0.05) is 6.42 Å². The highest BCUT2D eigenvalue weighted by Gasteiger charge is 2.23. The van der Waals surface area contributed by atoms with Crippen molar-refractivity contribution in [2.24, 2.45) is 0 Å². The SMILES string of the molecule is CC(C)(C)OC(=O)c1ccc(C(=O)O)c(Cc2ccccc2)c1N. The molecule has 0 aliphatic heterocycles. The Labute approximate surface area is 141 Å². The Bertz CT molecular complexity index is 761. The fraction of sp³-hybridized carbons (Fsp3) is 0.263. The van der Waals surface area contributed by atoms with Crippen molar-refractivity contribution in [3.05, 3.63) is 64.7 Å². The number of hydrogen-bond donors (Lipinski definition) is 2. The van der Waals surface area contributed by atoms with Gasteiger partial charge in [-0.15, -0.1) is 0 Å². The van der Waals surface area contributed by atoms with E-state index in [4.69, 9.17) is 10.5 Å². The van der Waals surface area contributed by atoms with Crippen LogP contribution in [0.4, 0.5) is 5.69 Å². The molecule has 0 unspecified atom stereocenters. The molecule has 0 aromatic heterocycles. The predicted molar refractivity (Wildman–Crippen MR) is 92.2 cm³/mol. The lowest BCUT2D eigenvalue weighted by Crippen LogP contribution is -2.25. The van der Waals surface area contributed by atoms with E-state index in [1.807, 2.05) is 30.3 Å². The molecular weight excluding hydrogens is 306 g/mol. The van der Waals surface area contributed by atoms with Gasteiger partial charge in [0.15, 0.2) is 0 Å². The van der Waals surface area contributed by atoms with E-state index in [-0.39, 0.29) is 16.8 Å². The Morgan fingerprint density at radius 2 is 1.62 bits per heavy atom. The Kier molecular flexibility index (Phi) is 4.93. The zero-order valence-corrected chi connectivity index (χ0v) is 14.0. The largest absolute Gasteiger partial charge is 0.478 e. The van der Waals surface area contributed by atoms with Crippen LogP contribution in [0.2, 0.25) is 0 Å². The smallest absolute Gasteiger partial charge is 0.340 e. The molecule has 2 rings (SSSR count). The van der Waals surface area contributed by atoms with Gasteiger partial charge in [-0.25, -0.2) is 9.59 Å². The first-order valence-corrected chi connectivity index (χ1v) is 7.61. The second-order valence-corrected chi connectivity index (χ2v) is 6.52. The normalized spacial score (nSPS) is 11.1. The minimum atomic E-state index is -1.08. The summed E-state index contributed by atoms with van der Waals surface area (Å²) in [6.45, 7) is 5.28. The number of ether oxygens (including phenoxy) is 1. The van der Waals surface area contributed by atoms with E-state index in [9.17, 15) is 14.7 Å². The number of anilines is 1. The van der Waals surface area contributed by atoms with E-state index in [0.717, 1.165) is 5.56 Å². The van der Waals surface area contributed by atoms with Gasteiger partial charge < -0.3 is 15.6 Å². The summed E-state index contributed by atoms with van der Waals surface area (Å²) in [6, 6.07) is 12.2. The van der Waals surface area contributed by atoms with Crippen LogP contribution in [0.15, 0.2) is 42.5 Å². The zero-order chi connectivity index (χ0) is 17.9. The second-order valence-electron chi connectivity index (χ2n) is 6.52. The zero-order valence-electron chi connectivity index (χ0n) is 14.0. The van der Waals surface area contributed by atoms with E-state index in [2.05, 4.69) is 0 Å². The summed E-state index contributed by atoms with van der Waals surface area (Å²) >= 11 is 0. The van der Waals surface area contributed by atoms with E-state index in [1.165, 1.54) is 12.1 Å². The van der Waals surface area contributed by atoms with E-state index < -0.39 is 17.5 Å². The molecular formula is C19H21NO4. The predicted octanol–water partition coefficient (Wildman–Crippen LogP) is 3.51. The van der Waals surface area contributed by atoms with Crippen LogP contribution in [0.5, 0.6) is 0 Å². The van der Waals surface area contributed by atoms with Crippen molar-refractivity contribution < 1.29 is 19.4 Å². The molecule has 0 heterocycles. The maximum atomic E-state index is 12.3. The van der Waals surface area contributed by atoms with Crippen molar-refractivity contribution in [3.63, 3.8) is 0 Å². The molecule has 126 valence electrons. The van der Waals surface area contributed by atoms with Gasteiger partial charge in [-0.1, -0.05) is 30.3 Å². The summed E-state index contributed by atoms with van der Waals surface area (Å²) in [5.74, 6) is -1.64. The van der Waals surface area contributed by atoms with Crippen molar-refractivity contribution >= 4 is 17.6 Å². The lowest BCUT2D eigenvalue weighted by atomic mass is 9.95. The van der Waals surface area contributed by atoms with Crippen LogP contribution >= 0.6 is 0 Å². The molecule has 0 aliphatic rings. The second kappa shape index (κ2) is 6.74. The average Bonchev–Trinajstić information content (AvgIpc) is 2.48. The highest BCUT2D eigenvalue weighted by Crippen LogP contribution is 2.27. The molecule has 24 heavy (non-hydrogen) atoms. The first-order chi connectivity index (χ1) is 11.2. The third-order valence-electron chi connectivity index (χ3n) is 3.43. The molecule has 0 saturated carbocycles. The van der Waals surface area contributed by atoms with Crippen molar-refractivity contribution in [1.29, 1.82) is 0 Å². The lowest BCUT2D eigenvalue weighted by Gasteiger charge is -2.21. The number of esters is 1. The highest BCUT2D eigenvalue weighted by molar-refractivity contribution is 6.00. The molecule has 3 N–H and O–H groups in total. The first-order valence-electron chi connectivity index (χ1n) is 7.61. The number of nitrogen functional groups attached to an aromatic ring is 1. The van der Waals surface area contributed by atoms with Crippen molar-refractivity contribution in [2.75, 3.05) is 5.73 Å². The molecule has 2 aromatic carbocycles. The fourth-order valence-corrected chi connectivity index (χ4v) is 2.37. The monoisotopic (exact) mass is 327 g/mol. The molecule has 0 aliphatic carbocycles. The highest BCUT2D eigenvalue weighted by atomic mass is 16.6. The number of benzene rings is 2. The average molecular weight is 327 g/mol. The summed E-state index contributed by atoms with van der Waals surface area (Å²) in [4.78, 5) is 23.8. The Morgan fingerprint density at radius 1 is 1.04 bits per heavy atom. The van der Waals surface area contributed by atoms with Crippen LogP contribution in [0.25, 0.3) is 0 Å². The van der Waals surface area contributed by atoms with Crippen molar-refractivity contribution in [3.8, 4) is 0 Å². The van der Waals surface area contributed by atoms with Crippen LogP contribution in [-0.4, -0.2) is 22.6 Å². The topological polar surface area (TPSA) is 89.6 Å². The van der Waals surface area contributed by atoms with Gasteiger partial charge in [-0.05, 0) is 44.0 Å². The maximum absolute atomic E-state index is 12.3. The molecule has 5 nitrogen and oxygen atoms in total. The molecule has 0 fully saturated rings. The maximum Gasteiger partial charge on any atom is 0.340 e. The Morgan fingerprint density at radius 3 is 2.17 bits per heavy atom. The number of carboxylic acid groups (broad SMARTS) is 1. The molecule has 5 heteroatoms. The van der Waals surface area contributed by atoms with Gasteiger partial charge in [0.05, 0.1) is 16.8 Å². The van der Waals surface area contributed by atoms with Gasteiger partial charge >= 0.3 is 11.9 Å². The summed E-state index contributed by atoms with van der Waals surface area (Å²) in [7, 11) is 0. The van der Waals surface area contributed by atoms with Gasteiger partial charge in [-0.2, -0.15) is 0 Å². The molecule has 0 bridgehead atoms. The van der Waals surface area contributed by atoms with Gasteiger partial charge in [0.2, 0.25) is 0 Å². The molecule has 0 radical (unpaired) electrons. The summed E-state index contributed by atoms with van der Waals surface area (Å²) < 4.78 is 5.34. The van der Waals surface area contributed by atoms with E-state index in [1.54, 1.807) is 20.8 Å². The standard InChI is InChI=1S/C19H21NO4/c1-19(2,3)24-18(23)14-10-9-13(17(21)22)15(16(14)20)11-12-7-5-4-6-8-12/h4-10H,11,20H2,1-3H3,(H,21,22). The third-order valence-corrected chi connectivity index (χ3v) is 3.43. The number of hydrogen-bond acceptors (Lipinski definition) is 4. The number of carboxylic acids is 1. The van der Waals surface area contributed by atoms with Crippen molar-refractivity contribution in [2.45, 2.75) is 32.8 Å². The molecule has 2 aromatic rings. The van der Waals surface area contributed by atoms with E-state index >= 15 is 0 Å². The Balaban J connectivity index is 2.48. The fourth-order valence-electron chi connectivity index (χ4n) is 2.37. The molecule has 0 spiro atoms. The first kappa shape index (κ1) is 17.5. The van der Waals surface area contributed by atoms with Crippen LogP contribution in [0.1, 0.15) is 52.6 Å². The summed E-state index contributed by atoms with van der Waals surface area (Å²) in [5.41, 5.74) is 7.21. The van der Waals surface area contributed by atoms with Crippen LogP contribution < -0.4 is 5.73 Å². The van der Waals surface area contributed by atoms with Crippen LogP contribution in [0.3, 0.4) is 0 Å². The van der Waals surface area contributed by atoms with Crippen LogP contribution in [-0.2, 0) is 11.2 Å². The molecule has 0 saturated heterocycles. The number of rotatable bonds is 4. The number of nitrogens with two attached hydrogens (primary N) is 1. The number of carbonyl (C=O) groups excluding carboxylic acids is 1. The number of aromatic carboxylic acids is 1. The van der Waals surface area contributed by atoms with Crippen molar-refractivity contribution in [1.82, 2.24) is 0 Å². The quantitative estimate of drug-likeness (QED) is 0.662. The third kappa shape index (κ3) is 4.13. The minimum absolute atomic E-state index is 0.0867. The molecule has 0 atom stereocenters. The van der Waals surface area contributed by atoms with Crippen LogP contribution in [0, 0.1) is 0 Å². The molecule has 0 amide bonds. The van der Waals surface area contributed by atoms with E-state index in [0.29, 0.717) is 12.0 Å². The van der Waals surface area contributed by atoms with Gasteiger partial charge in [0.1, 0.15) is 5.60 Å². The lowest BCUT2D eigenvalue weighted by molar-refractivity contribution is 0.00703. The van der Waals surface area contributed by atoms with Gasteiger partial charge in [0.25, 0.3) is 0 Å². The minimum Gasteiger partial charge on any atom is -0.478 e. The Hall–Kier alpha value is -2.82. The number of carbonyl (C=O) groups is 2. The van der Waals surface area contributed by atoms with Gasteiger partial charge in [-0.3, -0.25) is 0 Å². The summed E-state index contributed by atoms with van der Waals surface area (Å²) in [6.07, 6.45) is 0.324. The summed E-state index contributed by atoms with van der Waals surface area (Å²) in [5, 5.41) is 9.41.